The lowest BCUT2D eigenvalue weighted by Gasteiger charge is -2.11. The number of hydrogen-bond acceptors (Lipinski definition) is 6. The predicted octanol–water partition coefficient (Wildman–Crippen LogP) is 8.91. The Labute approximate surface area is 266 Å². The van der Waals surface area contributed by atoms with Crippen LogP contribution >= 0.6 is 0 Å². The summed E-state index contributed by atoms with van der Waals surface area (Å²) in [5.41, 5.74) is 8.39. The molecule has 0 atom stereocenters. The highest BCUT2D eigenvalue weighted by molar-refractivity contribution is 6.15. The van der Waals surface area contributed by atoms with Gasteiger partial charge in [0.2, 0.25) is 0 Å². The zero-order chi connectivity index (χ0) is 32.0. The summed E-state index contributed by atoms with van der Waals surface area (Å²) in [6.45, 7) is 4.33. The molecule has 0 fully saturated rings. The lowest BCUT2D eigenvalue weighted by atomic mass is 9.98. The van der Waals surface area contributed by atoms with Crippen LogP contribution in [0.2, 0.25) is 0 Å². The van der Waals surface area contributed by atoms with Crippen LogP contribution in [0, 0.1) is 0 Å². The molecule has 6 aromatic rings. The standard InChI is InChI=1S/C40H30N2O4/c1-26(27-11-17-33(18-12-27)41-39(29-15-21-35(43)22-16-29)30-5-2-8-36(44)23-30)28-13-19-34(20-14-28)42-40(31-6-3-9-37(45)24-31)32-7-4-10-38(46)25-32/h2-25,43-46H,1H2. The number of aromatic hydroxyl groups is 4. The van der Waals surface area contributed by atoms with Crippen molar-refractivity contribution >= 4 is 28.4 Å². The first-order valence-electron chi connectivity index (χ1n) is 14.6. The van der Waals surface area contributed by atoms with E-state index in [1.807, 2.05) is 66.7 Å². The van der Waals surface area contributed by atoms with E-state index in [0.717, 1.165) is 44.6 Å². The first kappa shape index (κ1) is 29.7. The third-order valence-electron chi connectivity index (χ3n) is 7.41. The lowest BCUT2D eigenvalue weighted by molar-refractivity contribution is 0.474. The number of rotatable bonds is 8. The zero-order valence-electron chi connectivity index (χ0n) is 24.7. The summed E-state index contributed by atoms with van der Waals surface area (Å²) in [6.07, 6.45) is 0. The van der Waals surface area contributed by atoms with Crippen LogP contribution in [-0.4, -0.2) is 31.8 Å². The quantitative estimate of drug-likeness (QED) is 0.131. The average molecular weight is 603 g/mol. The van der Waals surface area contributed by atoms with Crippen LogP contribution in [-0.2, 0) is 0 Å². The molecule has 0 aliphatic carbocycles. The van der Waals surface area contributed by atoms with Gasteiger partial charge in [-0.05, 0) is 102 Å². The second-order valence-corrected chi connectivity index (χ2v) is 10.7. The molecule has 0 spiro atoms. The van der Waals surface area contributed by atoms with Gasteiger partial charge in [0.1, 0.15) is 23.0 Å². The first-order valence-corrected chi connectivity index (χ1v) is 14.6. The van der Waals surface area contributed by atoms with E-state index in [4.69, 9.17) is 9.98 Å². The summed E-state index contributed by atoms with van der Waals surface area (Å²) in [5, 5.41) is 40.0. The van der Waals surface area contributed by atoms with Gasteiger partial charge in [0.05, 0.1) is 22.8 Å². The summed E-state index contributed by atoms with van der Waals surface area (Å²) in [4.78, 5) is 9.77. The molecule has 224 valence electrons. The second-order valence-electron chi connectivity index (χ2n) is 10.7. The van der Waals surface area contributed by atoms with E-state index in [1.165, 1.54) is 0 Å². The molecule has 0 aliphatic heterocycles. The van der Waals surface area contributed by atoms with Crippen LogP contribution < -0.4 is 0 Å². The maximum atomic E-state index is 10.1. The second kappa shape index (κ2) is 13.1. The molecule has 0 amide bonds. The monoisotopic (exact) mass is 602 g/mol. The van der Waals surface area contributed by atoms with Crippen LogP contribution in [0.1, 0.15) is 33.4 Å². The SMILES string of the molecule is C=C(c1ccc(N=C(c2ccc(O)cc2)c2cccc(O)c2)cc1)c1ccc(N=C(c2cccc(O)c2)c2cccc(O)c2)cc1. The Bertz CT molecular complexity index is 2030. The maximum absolute atomic E-state index is 10.1. The van der Waals surface area contributed by atoms with Crippen LogP contribution in [0.25, 0.3) is 5.57 Å². The summed E-state index contributed by atoms with van der Waals surface area (Å²) >= 11 is 0. The topological polar surface area (TPSA) is 106 Å². The highest BCUT2D eigenvalue weighted by Gasteiger charge is 2.12. The van der Waals surface area contributed by atoms with E-state index in [0.29, 0.717) is 17.1 Å². The van der Waals surface area contributed by atoms with Crippen LogP contribution in [0.15, 0.2) is 162 Å². The molecule has 46 heavy (non-hydrogen) atoms. The van der Waals surface area contributed by atoms with Gasteiger partial charge >= 0.3 is 0 Å². The van der Waals surface area contributed by atoms with Gasteiger partial charge in [-0.2, -0.15) is 0 Å². The fourth-order valence-corrected chi connectivity index (χ4v) is 5.07. The van der Waals surface area contributed by atoms with Crippen molar-refractivity contribution < 1.29 is 20.4 Å². The fourth-order valence-electron chi connectivity index (χ4n) is 5.07. The zero-order valence-corrected chi connectivity index (χ0v) is 24.7. The van der Waals surface area contributed by atoms with Gasteiger partial charge in [-0.15, -0.1) is 0 Å². The van der Waals surface area contributed by atoms with E-state index < -0.39 is 0 Å². The Morgan fingerprint density at radius 3 is 1.09 bits per heavy atom. The molecule has 0 aliphatic rings. The summed E-state index contributed by atoms with van der Waals surface area (Å²) < 4.78 is 0. The van der Waals surface area contributed by atoms with Crippen molar-refractivity contribution in [1.29, 1.82) is 0 Å². The molecule has 0 saturated heterocycles. The third-order valence-corrected chi connectivity index (χ3v) is 7.41. The molecule has 6 rings (SSSR count). The fraction of sp³-hybridized carbons (Fsp3) is 0. The van der Waals surface area contributed by atoms with Gasteiger partial charge in [0, 0.05) is 22.3 Å². The molecule has 4 N–H and O–H groups in total. The van der Waals surface area contributed by atoms with Gasteiger partial charge in [-0.1, -0.05) is 67.2 Å². The molecular formula is C40H30N2O4. The predicted molar refractivity (Wildman–Crippen MR) is 184 cm³/mol. The number of phenols is 4. The number of nitrogens with zero attached hydrogens (tertiary/aromatic N) is 2. The van der Waals surface area contributed by atoms with Crippen LogP contribution in [0.5, 0.6) is 23.0 Å². The number of benzene rings is 6. The van der Waals surface area contributed by atoms with E-state index in [2.05, 4.69) is 6.58 Å². The largest absolute Gasteiger partial charge is 0.508 e. The minimum Gasteiger partial charge on any atom is -0.508 e. The smallest absolute Gasteiger partial charge is 0.116 e. The van der Waals surface area contributed by atoms with E-state index >= 15 is 0 Å². The van der Waals surface area contributed by atoms with E-state index in [1.54, 1.807) is 78.9 Å². The normalized spacial score (nSPS) is 11.2. The average Bonchev–Trinajstić information content (AvgIpc) is 3.07. The van der Waals surface area contributed by atoms with Crippen molar-refractivity contribution in [3.63, 3.8) is 0 Å². The summed E-state index contributed by atoms with van der Waals surface area (Å²) in [7, 11) is 0. The first-order chi connectivity index (χ1) is 22.3. The molecule has 6 heteroatoms. The minimum atomic E-state index is 0.129. The van der Waals surface area contributed by atoms with E-state index in [9.17, 15) is 20.4 Å². The molecule has 0 aromatic heterocycles. The Balaban J connectivity index is 1.27. The lowest BCUT2D eigenvalue weighted by Crippen LogP contribution is -2.02. The highest BCUT2D eigenvalue weighted by Crippen LogP contribution is 2.29. The number of phenolic OH excluding ortho intramolecular Hbond substituents is 4. The van der Waals surface area contributed by atoms with Gasteiger partial charge < -0.3 is 20.4 Å². The van der Waals surface area contributed by atoms with Gasteiger partial charge in [-0.3, -0.25) is 0 Å². The molecule has 0 saturated carbocycles. The van der Waals surface area contributed by atoms with Crippen LogP contribution in [0.4, 0.5) is 11.4 Å². The number of hydrogen-bond donors (Lipinski definition) is 4. The van der Waals surface area contributed by atoms with Crippen molar-refractivity contribution in [2.45, 2.75) is 0 Å². The summed E-state index contributed by atoms with van der Waals surface area (Å²) in [5.74, 6) is 0.562. The van der Waals surface area contributed by atoms with Gasteiger partial charge in [-0.25, -0.2) is 9.98 Å². The van der Waals surface area contributed by atoms with E-state index in [-0.39, 0.29) is 23.0 Å². The van der Waals surface area contributed by atoms with Crippen molar-refractivity contribution in [2.24, 2.45) is 9.98 Å². The molecule has 6 aromatic carbocycles. The highest BCUT2D eigenvalue weighted by atomic mass is 16.3. The Kier molecular flexibility index (Phi) is 8.43. The van der Waals surface area contributed by atoms with Crippen molar-refractivity contribution in [3.05, 3.63) is 186 Å². The molecule has 0 heterocycles. The molecule has 0 bridgehead atoms. The Hall–Kier alpha value is -6.40. The maximum Gasteiger partial charge on any atom is 0.116 e. The Morgan fingerprint density at radius 2 is 0.717 bits per heavy atom. The van der Waals surface area contributed by atoms with Crippen LogP contribution in [0.3, 0.4) is 0 Å². The van der Waals surface area contributed by atoms with Gasteiger partial charge in [0.25, 0.3) is 0 Å². The van der Waals surface area contributed by atoms with Crippen molar-refractivity contribution in [3.8, 4) is 23.0 Å². The van der Waals surface area contributed by atoms with Gasteiger partial charge in [0.15, 0.2) is 0 Å². The molecule has 0 radical (unpaired) electrons. The summed E-state index contributed by atoms with van der Waals surface area (Å²) in [6, 6.07) is 42.9. The minimum absolute atomic E-state index is 0.129. The number of aliphatic imine (C=N–C) groups is 2. The van der Waals surface area contributed by atoms with Crippen molar-refractivity contribution in [1.82, 2.24) is 0 Å². The molecule has 0 unspecified atom stereocenters. The third kappa shape index (κ3) is 6.87. The van der Waals surface area contributed by atoms with Crippen molar-refractivity contribution in [2.75, 3.05) is 0 Å². The molecular weight excluding hydrogens is 572 g/mol. The molecule has 6 nitrogen and oxygen atoms in total. The Morgan fingerprint density at radius 1 is 0.370 bits per heavy atom.